The van der Waals surface area contributed by atoms with Gasteiger partial charge >= 0.3 is 5.97 Å². The minimum atomic E-state index is -3.11. The van der Waals surface area contributed by atoms with Crippen molar-refractivity contribution in [3.63, 3.8) is 0 Å². The van der Waals surface area contributed by atoms with Gasteiger partial charge in [-0.25, -0.2) is 13.2 Å². The highest BCUT2D eigenvalue weighted by Crippen LogP contribution is 2.26. The number of rotatable bonds is 5. The molecule has 0 bridgehead atoms. The van der Waals surface area contributed by atoms with E-state index in [1.165, 1.54) is 11.3 Å². The van der Waals surface area contributed by atoms with Crippen LogP contribution >= 0.6 is 23.1 Å². The number of aromatic carboxylic acids is 1. The molecule has 0 aliphatic carbocycles. The summed E-state index contributed by atoms with van der Waals surface area (Å²) in [6.07, 6.45) is 0. The maximum absolute atomic E-state index is 12.1. The topological polar surface area (TPSA) is 74.7 Å². The standard InChI is InChI=1S/C12H17NO4S3/c1-2-20(16,17)11-8-18-6-5-13(11)7-9-3-4-10(19-9)12(14)15/h3-4,11H,2,5-8H2,1H3,(H,14,15). The van der Waals surface area contributed by atoms with Crippen molar-refractivity contribution in [3.8, 4) is 0 Å². The minimum absolute atomic E-state index is 0.138. The van der Waals surface area contributed by atoms with Crippen LogP contribution in [0.25, 0.3) is 0 Å². The first kappa shape index (κ1) is 15.8. The Hall–Kier alpha value is -0.570. The zero-order chi connectivity index (χ0) is 14.8. The molecule has 5 nitrogen and oxygen atoms in total. The van der Waals surface area contributed by atoms with Gasteiger partial charge in [-0.1, -0.05) is 6.92 Å². The number of sulfone groups is 1. The molecule has 1 saturated heterocycles. The molecule has 0 spiro atoms. The maximum atomic E-state index is 12.1. The van der Waals surface area contributed by atoms with Crippen LogP contribution in [0.15, 0.2) is 12.1 Å². The van der Waals surface area contributed by atoms with Gasteiger partial charge in [0.05, 0.1) is 0 Å². The lowest BCUT2D eigenvalue weighted by atomic mass is 10.4. The molecule has 2 rings (SSSR count). The van der Waals surface area contributed by atoms with Gasteiger partial charge in [-0.05, 0) is 12.1 Å². The maximum Gasteiger partial charge on any atom is 0.345 e. The molecule has 112 valence electrons. The summed E-state index contributed by atoms with van der Waals surface area (Å²) in [5, 5.41) is 8.46. The number of carboxylic acid groups (broad SMARTS) is 1. The number of nitrogens with zero attached hydrogens (tertiary/aromatic N) is 1. The normalized spacial score (nSPS) is 20.9. The van der Waals surface area contributed by atoms with Crippen LogP contribution < -0.4 is 0 Å². The van der Waals surface area contributed by atoms with Crippen LogP contribution in [-0.4, -0.2) is 53.6 Å². The van der Waals surface area contributed by atoms with Crippen LogP contribution in [0.2, 0.25) is 0 Å². The Balaban J connectivity index is 2.14. The summed E-state index contributed by atoms with van der Waals surface area (Å²) >= 11 is 2.87. The molecule has 0 aromatic carbocycles. The molecule has 1 aromatic heterocycles. The fourth-order valence-corrected chi connectivity index (χ4v) is 6.05. The predicted molar refractivity (Wildman–Crippen MR) is 82.3 cm³/mol. The van der Waals surface area contributed by atoms with Gasteiger partial charge in [0.15, 0.2) is 9.84 Å². The second-order valence-electron chi connectivity index (χ2n) is 4.52. The third-order valence-corrected chi connectivity index (χ3v) is 7.63. The molecule has 1 atom stereocenters. The van der Waals surface area contributed by atoms with Crippen molar-refractivity contribution in [1.29, 1.82) is 0 Å². The van der Waals surface area contributed by atoms with E-state index in [0.717, 1.165) is 17.2 Å². The zero-order valence-corrected chi connectivity index (χ0v) is 13.6. The van der Waals surface area contributed by atoms with E-state index >= 15 is 0 Å². The summed E-state index contributed by atoms with van der Waals surface area (Å²) in [4.78, 5) is 14.0. The predicted octanol–water partition coefficient (Wildman–Crippen LogP) is 1.76. The van der Waals surface area contributed by atoms with Gasteiger partial charge in [0, 0.05) is 35.2 Å². The van der Waals surface area contributed by atoms with Crippen molar-refractivity contribution in [2.24, 2.45) is 0 Å². The minimum Gasteiger partial charge on any atom is -0.477 e. The average molecular weight is 335 g/mol. The third kappa shape index (κ3) is 3.55. The lowest BCUT2D eigenvalue weighted by Gasteiger charge is -2.34. The molecule has 1 aliphatic heterocycles. The molecule has 1 N–H and O–H groups in total. The molecule has 2 heterocycles. The molecule has 8 heteroatoms. The highest BCUT2D eigenvalue weighted by Gasteiger charge is 2.32. The van der Waals surface area contributed by atoms with E-state index in [-0.39, 0.29) is 5.75 Å². The number of thioether (sulfide) groups is 1. The third-order valence-electron chi connectivity index (χ3n) is 3.24. The van der Waals surface area contributed by atoms with Gasteiger partial charge in [-0.3, -0.25) is 4.90 Å². The van der Waals surface area contributed by atoms with Crippen LogP contribution in [0.3, 0.4) is 0 Å². The van der Waals surface area contributed by atoms with Crippen molar-refractivity contribution in [3.05, 3.63) is 21.9 Å². The Kier molecular flexibility index (Phi) is 5.11. The average Bonchev–Trinajstić information content (AvgIpc) is 2.88. The van der Waals surface area contributed by atoms with Gasteiger partial charge in [-0.15, -0.1) is 11.3 Å². The van der Waals surface area contributed by atoms with Crippen molar-refractivity contribution in [1.82, 2.24) is 4.90 Å². The molecule has 20 heavy (non-hydrogen) atoms. The SMILES string of the molecule is CCS(=O)(=O)C1CSCCN1Cc1ccc(C(=O)O)s1. The summed E-state index contributed by atoms with van der Waals surface area (Å²) < 4.78 is 24.2. The van der Waals surface area contributed by atoms with Crippen LogP contribution in [-0.2, 0) is 16.4 Å². The summed E-state index contributed by atoms with van der Waals surface area (Å²) in [6.45, 7) is 2.89. The first-order valence-corrected chi connectivity index (χ1v) is 9.98. The molecule has 1 aromatic rings. The number of hydrogen-bond donors (Lipinski definition) is 1. The van der Waals surface area contributed by atoms with Gasteiger partial charge < -0.3 is 5.11 Å². The van der Waals surface area contributed by atoms with Crippen LogP contribution in [0.4, 0.5) is 0 Å². The van der Waals surface area contributed by atoms with Gasteiger partial charge in [0.25, 0.3) is 0 Å². The molecule has 1 fully saturated rings. The van der Waals surface area contributed by atoms with Gasteiger partial charge in [0.1, 0.15) is 10.3 Å². The smallest absolute Gasteiger partial charge is 0.345 e. The lowest BCUT2D eigenvalue weighted by Crippen LogP contribution is -2.47. The van der Waals surface area contributed by atoms with Crippen LogP contribution in [0, 0.1) is 0 Å². The van der Waals surface area contributed by atoms with Gasteiger partial charge in [0.2, 0.25) is 0 Å². The first-order valence-electron chi connectivity index (χ1n) is 6.29. The first-order chi connectivity index (χ1) is 9.44. The zero-order valence-electron chi connectivity index (χ0n) is 11.1. The molecule has 0 radical (unpaired) electrons. The number of carboxylic acids is 1. The van der Waals surface area contributed by atoms with E-state index in [1.54, 1.807) is 30.8 Å². The quantitative estimate of drug-likeness (QED) is 0.884. The number of carbonyl (C=O) groups is 1. The monoisotopic (exact) mass is 335 g/mol. The Morgan fingerprint density at radius 1 is 1.50 bits per heavy atom. The Morgan fingerprint density at radius 2 is 2.25 bits per heavy atom. The fourth-order valence-electron chi connectivity index (χ4n) is 2.10. The van der Waals surface area contributed by atoms with Gasteiger partial charge in [-0.2, -0.15) is 11.8 Å². The largest absolute Gasteiger partial charge is 0.477 e. The van der Waals surface area contributed by atoms with E-state index < -0.39 is 21.2 Å². The van der Waals surface area contributed by atoms with E-state index in [0.29, 0.717) is 17.2 Å². The fraction of sp³-hybridized carbons (Fsp3) is 0.583. The molecule has 1 aliphatic rings. The molecule has 0 saturated carbocycles. The van der Waals surface area contributed by atoms with Crippen molar-refractivity contribution in [2.45, 2.75) is 18.8 Å². The second-order valence-corrected chi connectivity index (χ2v) is 9.29. The summed E-state index contributed by atoms with van der Waals surface area (Å²) in [6, 6.07) is 3.34. The summed E-state index contributed by atoms with van der Waals surface area (Å²) in [5.74, 6) is 0.702. The van der Waals surface area contributed by atoms with E-state index in [2.05, 4.69) is 0 Å². The molecule has 1 unspecified atom stereocenters. The van der Waals surface area contributed by atoms with E-state index in [9.17, 15) is 13.2 Å². The Bertz CT molecular complexity index is 581. The molecular formula is C12H17NO4S3. The van der Waals surface area contributed by atoms with Crippen LogP contribution in [0.1, 0.15) is 21.5 Å². The summed E-state index contributed by atoms with van der Waals surface area (Å²) in [7, 11) is -3.11. The number of hydrogen-bond acceptors (Lipinski definition) is 6. The Morgan fingerprint density at radius 3 is 2.85 bits per heavy atom. The van der Waals surface area contributed by atoms with E-state index in [4.69, 9.17) is 5.11 Å². The highest BCUT2D eigenvalue weighted by atomic mass is 32.2. The molecular weight excluding hydrogens is 318 g/mol. The second kappa shape index (κ2) is 6.46. The highest BCUT2D eigenvalue weighted by molar-refractivity contribution is 8.01. The van der Waals surface area contributed by atoms with Crippen molar-refractivity contribution < 1.29 is 18.3 Å². The van der Waals surface area contributed by atoms with Crippen molar-refractivity contribution in [2.75, 3.05) is 23.8 Å². The van der Waals surface area contributed by atoms with E-state index in [1.807, 2.05) is 4.90 Å². The Labute approximate surface area is 126 Å². The summed E-state index contributed by atoms with van der Waals surface area (Å²) in [5.41, 5.74) is 0. The van der Waals surface area contributed by atoms with Crippen molar-refractivity contribution >= 4 is 38.9 Å². The van der Waals surface area contributed by atoms with Crippen LogP contribution in [0.5, 0.6) is 0 Å². The molecule has 0 amide bonds. The number of thiophene rings is 1. The lowest BCUT2D eigenvalue weighted by molar-refractivity contribution is 0.0702.